The summed E-state index contributed by atoms with van der Waals surface area (Å²) in [6.07, 6.45) is 3.55. The second-order valence-electron chi connectivity index (χ2n) is 7.45. The fraction of sp³-hybridized carbons (Fsp3) is 0.500. The van der Waals surface area contributed by atoms with Crippen LogP contribution in [0.4, 0.5) is 0 Å². The first kappa shape index (κ1) is 21.3. The molecule has 0 radical (unpaired) electrons. The predicted molar refractivity (Wildman–Crippen MR) is 115 cm³/mol. The topological polar surface area (TPSA) is 62.7 Å². The lowest BCUT2D eigenvalue weighted by Gasteiger charge is -2.33. The summed E-state index contributed by atoms with van der Waals surface area (Å²) >= 11 is 1.47. The number of hydrogen-bond acceptors (Lipinski definition) is 5. The fourth-order valence-corrected chi connectivity index (χ4v) is 4.35. The highest BCUT2D eigenvalue weighted by Crippen LogP contribution is 2.27. The second-order valence-corrected chi connectivity index (χ2v) is 8.30. The number of nitrogens with zero attached hydrogens (tertiary/aromatic N) is 3. The molecule has 0 atom stereocenters. The molecular formula is C22H29N3O3S. The smallest absolute Gasteiger partial charge is 0.273 e. The minimum atomic E-state index is -0.0498. The molecule has 1 aliphatic heterocycles. The number of aromatic nitrogens is 1. The Kier molecular flexibility index (Phi) is 7.25. The largest absolute Gasteiger partial charge is 0.497 e. The van der Waals surface area contributed by atoms with Crippen molar-refractivity contribution in [3.05, 3.63) is 35.3 Å². The molecule has 1 aromatic heterocycles. The van der Waals surface area contributed by atoms with Crippen LogP contribution in [0.25, 0.3) is 10.6 Å². The maximum atomic E-state index is 12.9. The van der Waals surface area contributed by atoms with Gasteiger partial charge in [0.25, 0.3) is 5.91 Å². The van der Waals surface area contributed by atoms with Gasteiger partial charge in [-0.3, -0.25) is 9.59 Å². The summed E-state index contributed by atoms with van der Waals surface area (Å²) in [7, 11) is 3.51. The maximum Gasteiger partial charge on any atom is 0.273 e. The zero-order valence-electron chi connectivity index (χ0n) is 17.4. The van der Waals surface area contributed by atoms with Gasteiger partial charge in [0.1, 0.15) is 16.5 Å². The minimum absolute atomic E-state index is 0.0196. The van der Waals surface area contributed by atoms with Gasteiger partial charge in [-0.1, -0.05) is 13.3 Å². The van der Waals surface area contributed by atoms with E-state index in [-0.39, 0.29) is 17.7 Å². The van der Waals surface area contributed by atoms with Crippen LogP contribution in [-0.2, 0) is 4.79 Å². The maximum absolute atomic E-state index is 12.9. The minimum Gasteiger partial charge on any atom is -0.497 e. The van der Waals surface area contributed by atoms with Crippen LogP contribution < -0.4 is 4.74 Å². The van der Waals surface area contributed by atoms with Crippen LogP contribution in [0.2, 0.25) is 0 Å². The highest BCUT2D eigenvalue weighted by molar-refractivity contribution is 7.13. The summed E-state index contributed by atoms with van der Waals surface area (Å²) in [6.45, 7) is 4.14. The molecule has 1 aromatic carbocycles. The van der Waals surface area contributed by atoms with Gasteiger partial charge in [0, 0.05) is 43.5 Å². The molecule has 2 heterocycles. The van der Waals surface area contributed by atoms with Gasteiger partial charge in [-0.05, 0) is 43.5 Å². The number of carbonyl (C=O) groups is 2. The lowest BCUT2D eigenvalue weighted by molar-refractivity contribution is -0.135. The number of unbranched alkanes of at least 4 members (excludes halogenated alkanes) is 1. The zero-order chi connectivity index (χ0) is 20.8. The lowest BCUT2D eigenvalue weighted by atomic mass is 9.95. The van der Waals surface area contributed by atoms with E-state index < -0.39 is 0 Å². The van der Waals surface area contributed by atoms with E-state index >= 15 is 0 Å². The SMILES string of the molecule is CCCCN(C)C(=O)C1CCN(C(=O)c2csc(-c3ccc(OC)cc3)n2)CC1. The molecule has 1 aliphatic rings. The average Bonchev–Trinajstić information content (AvgIpc) is 3.27. The molecule has 2 aromatic rings. The van der Waals surface area contributed by atoms with E-state index in [1.165, 1.54) is 11.3 Å². The predicted octanol–water partition coefficient (Wildman–Crippen LogP) is 3.93. The normalized spacial score (nSPS) is 14.7. The number of rotatable bonds is 7. The Labute approximate surface area is 176 Å². The van der Waals surface area contributed by atoms with Gasteiger partial charge in [-0.2, -0.15) is 0 Å². The first-order chi connectivity index (χ1) is 14.0. The summed E-state index contributed by atoms with van der Waals surface area (Å²) in [5.74, 6) is 0.970. The molecule has 0 N–H and O–H groups in total. The van der Waals surface area contributed by atoms with Crippen LogP contribution in [0.5, 0.6) is 5.75 Å². The molecule has 29 heavy (non-hydrogen) atoms. The number of ether oxygens (including phenoxy) is 1. The summed E-state index contributed by atoms with van der Waals surface area (Å²) in [6, 6.07) is 7.66. The first-order valence-electron chi connectivity index (χ1n) is 10.2. The van der Waals surface area contributed by atoms with E-state index in [0.29, 0.717) is 18.8 Å². The fourth-order valence-electron chi connectivity index (χ4n) is 3.55. The van der Waals surface area contributed by atoms with Crippen LogP contribution in [0.1, 0.15) is 43.1 Å². The van der Waals surface area contributed by atoms with Crippen LogP contribution >= 0.6 is 11.3 Å². The summed E-state index contributed by atoms with van der Waals surface area (Å²) in [4.78, 5) is 33.6. The molecule has 3 rings (SSSR count). The van der Waals surface area contributed by atoms with Crippen molar-refractivity contribution >= 4 is 23.2 Å². The van der Waals surface area contributed by atoms with Crippen LogP contribution in [0.15, 0.2) is 29.6 Å². The molecular weight excluding hydrogens is 386 g/mol. The Morgan fingerprint density at radius 1 is 1.24 bits per heavy atom. The molecule has 7 heteroatoms. The van der Waals surface area contributed by atoms with Gasteiger partial charge < -0.3 is 14.5 Å². The number of methoxy groups -OCH3 is 1. The van der Waals surface area contributed by atoms with E-state index in [2.05, 4.69) is 11.9 Å². The van der Waals surface area contributed by atoms with Crippen molar-refractivity contribution in [1.29, 1.82) is 0 Å². The molecule has 1 fully saturated rings. The molecule has 1 saturated heterocycles. The van der Waals surface area contributed by atoms with E-state index in [4.69, 9.17) is 4.74 Å². The van der Waals surface area contributed by atoms with E-state index in [0.717, 1.165) is 48.5 Å². The number of benzene rings is 1. The standard InChI is InChI=1S/C22H29N3O3S/c1-4-5-12-24(2)21(26)17-10-13-25(14-11-17)22(27)19-15-29-20(23-19)16-6-8-18(28-3)9-7-16/h6-9,15,17H,4-5,10-14H2,1-3H3. The highest BCUT2D eigenvalue weighted by Gasteiger charge is 2.30. The van der Waals surface area contributed by atoms with Crippen LogP contribution in [0, 0.1) is 5.92 Å². The number of carbonyl (C=O) groups excluding carboxylic acids is 2. The Morgan fingerprint density at radius 3 is 2.55 bits per heavy atom. The van der Waals surface area contributed by atoms with E-state index in [1.807, 2.05) is 46.5 Å². The zero-order valence-corrected chi connectivity index (χ0v) is 18.2. The molecule has 156 valence electrons. The lowest BCUT2D eigenvalue weighted by Crippen LogP contribution is -2.43. The Morgan fingerprint density at radius 2 is 1.93 bits per heavy atom. The van der Waals surface area contributed by atoms with Gasteiger partial charge >= 0.3 is 0 Å². The molecule has 0 bridgehead atoms. The molecule has 0 saturated carbocycles. The van der Waals surface area contributed by atoms with Crippen molar-refractivity contribution in [2.75, 3.05) is 33.8 Å². The molecule has 2 amide bonds. The van der Waals surface area contributed by atoms with E-state index in [1.54, 1.807) is 7.11 Å². The summed E-state index contributed by atoms with van der Waals surface area (Å²) < 4.78 is 5.18. The summed E-state index contributed by atoms with van der Waals surface area (Å²) in [5, 5.41) is 2.64. The van der Waals surface area contributed by atoms with Crippen molar-refractivity contribution in [2.45, 2.75) is 32.6 Å². The molecule has 0 spiro atoms. The molecule has 0 aliphatic carbocycles. The molecule has 6 nitrogen and oxygen atoms in total. The quantitative estimate of drug-likeness (QED) is 0.687. The van der Waals surface area contributed by atoms with E-state index in [9.17, 15) is 9.59 Å². The third-order valence-electron chi connectivity index (χ3n) is 5.41. The second kappa shape index (κ2) is 9.87. The monoisotopic (exact) mass is 415 g/mol. The Hall–Kier alpha value is -2.41. The highest BCUT2D eigenvalue weighted by atomic mass is 32.1. The van der Waals surface area contributed by atoms with Gasteiger partial charge in [0.2, 0.25) is 5.91 Å². The first-order valence-corrected chi connectivity index (χ1v) is 11.1. The van der Waals surface area contributed by atoms with Crippen LogP contribution in [0.3, 0.4) is 0 Å². The third-order valence-corrected chi connectivity index (χ3v) is 6.31. The third kappa shape index (κ3) is 5.15. The van der Waals surface area contributed by atoms with Crippen molar-refractivity contribution in [2.24, 2.45) is 5.92 Å². The number of thiazole rings is 1. The van der Waals surface area contributed by atoms with Gasteiger partial charge in [0.15, 0.2) is 0 Å². The number of amides is 2. The Bertz CT molecular complexity index is 826. The van der Waals surface area contributed by atoms with Crippen molar-refractivity contribution in [1.82, 2.24) is 14.8 Å². The average molecular weight is 416 g/mol. The number of likely N-dealkylation sites (tertiary alicyclic amines) is 1. The van der Waals surface area contributed by atoms with Crippen molar-refractivity contribution < 1.29 is 14.3 Å². The van der Waals surface area contributed by atoms with Gasteiger partial charge in [-0.15, -0.1) is 11.3 Å². The Balaban J connectivity index is 1.57. The van der Waals surface area contributed by atoms with Gasteiger partial charge in [0.05, 0.1) is 7.11 Å². The van der Waals surface area contributed by atoms with Crippen LogP contribution in [-0.4, -0.2) is 60.4 Å². The molecule has 0 unspecified atom stereocenters. The van der Waals surface area contributed by atoms with Crippen molar-refractivity contribution in [3.63, 3.8) is 0 Å². The van der Waals surface area contributed by atoms with Gasteiger partial charge in [-0.25, -0.2) is 4.98 Å². The number of hydrogen-bond donors (Lipinski definition) is 0. The number of piperidine rings is 1. The summed E-state index contributed by atoms with van der Waals surface area (Å²) in [5.41, 5.74) is 1.44. The van der Waals surface area contributed by atoms with Crippen molar-refractivity contribution in [3.8, 4) is 16.3 Å².